The molecule has 0 unspecified atom stereocenters. The van der Waals surface area contributed by atoms with E-state index in [0.717, 1.165) is 24.3 Å². The predicted molar refractivity (Wildman–Crippen MR) is 93.0 cm³/mol. The average molecular weight is 311 g/mol. The van der Waals surface area contributed by atoms with Crippen molar-refractivity contribution >= 4 is 23.0 Å². The summed E-state index contributed by atoms with van der Waals surface area (Å²) in [6, 6.07) is 13.1. The Morgan fingerprint density at radius 1 is 1.17 bits per heavy atom. The van der Waals surface area contributed by atoms with Gasteiger partial charge in [-0.25, -0.2) is 0 Å². The van der Waals surface area contributed by atoms with E-state index in [1.165, 1.54) is 0 Å². The summed E-state index contributed by atoms with van der Waals surface area (Å²) in [5, 5.41) is 2.89. The number of aryl methyl sites for hydroxylation is 1. The van der Waals surface area contributed by atoms with Crippen LogP contribution in [0.5, 0.6) is 0 Å². The van der Waals surface area contributed by atoms with Gasteiger partial charge >= 0.3 is 0 Å². The Bertz CT molecular complexity index is 709. The Kier molecular flexibility index (Phi) is 4.48. The third kappa shape index (κ3) is 3.63. The van der Waals surface area contributed by atoms with Crippen molar-refractivity contribution in [2.75, 3.05) is 42.3 Å². The van der Waals surface area contributed by atoms with Gasteiger partial charge in [-0.1, -0.05) is 17.7 Å². The van der Waals surface area contributed by atoms with Gasteiger partial charge in [0.1, 0.15) is 0 Å². The van der Waals surface area contributed by atoms with E-state index < -0.39 is 0 Å². The van der Waals surface area contributed by atoms with Gasteiger partial charge in [0.25, 0.3) is 5.91 Å². The number of nitrogens with zero attached hydrogens (tertiary/aromatic N) is 1. The van der Waals surface area contributed by atoms with Crippen LogP contribution in [-0.4, -0.2) is 32.2 Å². The number of benzene rings is 2. The van der Waals surface area contributed by atoms with Gasteiger partial charge in [-0.3, -0.25) is 4.79 Å². The Hall–Kier alpha value is -2.53. The number of morpholine rings is 1. The quantitative estimate of drug-likeness (QED) is 0.855. The van der Waals surface area contributed by atoms with Crippen molar-refractivity contribution in [3.63, 3.8) is 0 Å². The Morgan fingerprint density at radius 3 is 2.65 bits per heavy atom. The molecule has 1 heterocycles. The lowest BCUT2D eigenvalue weighted by Gasteiger charge is -2.30. The van der Waals surface area contributed by atoms with Crippen LogP contribution in [0.4, 0.5) is 17.1 Å². The molecule has 1 amide bonds. The second kappa shape index (κ2) is 6.71. The minimum absolute atomic E-state index is 0.132. The molecule has 1 aliphatic heterocycles. The van der Waals surface area contributed by atoms with Crippen LogP contribution in [0.15, 0.2) is 42.5 Å². The lowest BCUT2D eigenvalue weighted by Crippen LogP contribution is -2.36. The monoisotopic (exact) mass is 311 g/mol. The summed E-state index contributed by atoms with van der Waals surface area (Å²) in [7, 11) is 0. The molecule has 23 heavy (non-hydrogen) atoms. The molecule has 5 nitrogen and oxygen atoms in total. The second-order valence-electron chi connectivity index (χ2n) is 5.70. The van der Waals surface area contributed by atoms with Crippen molar-refractivity contribution in [2.24, 2.45) is 0 Å². The molecule has 120 valence electrons. The first-order chi connectivity index (χ1) is 11.1. The summed E-state index contributed by atoms with van der Waals surface area (Å²) in [6.07, 6.45) is 0. The van der Waals surface area contributed by atoms with E-state index in [1.54, 1.807) is 12.1 Å². The van der Waals surface area contributed by atoms with Gasteiger partial charge in [-0.2, -0.15) is 0 Å². The van der Waals surface area contributed by atoms with Crippen LogP contribution >= 0.6 is 0 Å². The zero-order valence-corrected chi connectivity index (χ0v) is 13.2. The van der Waals surface area contributed by atoms with Crippen molar-refractivity contribution in [2.45, 2.75) is 6.92 Å². The van der Waals surface area contributed by atoms with Crippen LogP contribution in [0.2, 0.25) is 0 Å². The van der Waals surface area contributed by atoms with Crippen molar-refractivity contribution in [1.82, 2.24) is 0 Å². The summed E-state index contributed by atoms with van der Waals surface area (Å²) in [5.41, 5.74) is 10.2. The summed E-state index contributed by atoms with van der Waals surface area (Å²) in [4.78, 5) is 14.5. The van der Waals surface area contributed by atoms with Crippen LogP contribution in [0, 0.1) is 6.92 Å². The highest BCUT2D eigenvalue weighted by molar-refractivity contribution is 6.04. The van der Waals surface area contributed by atoms with Crippen molar-refractivity contribution in [1.29, 1.82) is 0 Å². The lowest BCUT2D eigenvalue weighted by molar-refractivity contribution is 0.102. The predicted octanol–water partition coefficient (Wildman–Crippen LogP) is 2.67. The number of carbonyl (C=O) groups is 1. The van der Waals surface area contributed by atoms with Gasteiger partial charge < -0.3 is 20.7 Å². The van der Waals surface area contributed by atoms with E-state index in [9.17, 15) is 4.79 Å². The summed E-state index contributed by atoms with van der Waals surface area (Å²) < 4.78 is 5.36. The highest BCUT2D eigenvalue weighted by atomic mass is 16.5. The molecular formula is C18H21N3O2. The standard InChI is InChI=1S/C18H21N3O2/c1-13-3-2-4-14(11-13)18(22)20-15-5-6-17(16(19)12-15)21-7-9-23-10-8-21/h2-6,11-12H,7-10,19H2,1H3,(H,20,22). The fraction of sp³-hybridized carbons (Fsp3) is 0.278. The van der Waals surface area contributed by atoms with Gasteiger partial charge in [0.2, 0.25) is 0 Å². The normalized spacial score (nSPS) is 14.6. The van der Waals surface area contributed by atoms with Crippen molar-refractivity contribution in [3.8, 4) is 0 Å². The molecule has 3 N–H and O–H groups in total. The zero-order valence-electron chi connectivity index (χ0n) is 13.2. The number of hydrogen-bond acceptors (Lipinski definition) is 4. The Labute approximate surface area is 136 Å². The minimum atomic E-state index is -0.132. The van der Waals surface area contributed by atoms with Crippen LogP contribution in [0.25, 0.3) is 0 Å². The molecule has 0 radical (unpaired) electrons. The summed E-state index contributed by atoms with van der Waals surface area (Å²) >= 11 is 0. The molecule has 1 fully saturated rings. The van der Waals surface area contributed by atoms with Gasteiger partial charge in [0.15, 0.2) is 0 Å². The molecule has 1 aliphatic rings. The van der Waals surface area contributed by atoms with Gasteiger partial charge in [0.05, 0.1) is 24.6 Å². The molecule has 5 heteroatoms. The molecule has 0 saturated carbocycles. The largest absolute Gasteiger partial charge is 0.397 e. The number of carbonyl (C=O) groups excluding carboxylic acids is 1. The van der Waals surface area contributed by atoms with E-state index in [1.807, 2.05) is 37.3 Å². The highest BCUT2D eigenvalue weighted by Crippen LogP contribution is 2.27. The van der Waals surface area contributed by atoms with E-state index in [4.69, 9.17) is 10.5 Å². The first-order valence-corrected chi connectivity index (χ1v) is 7.74. The number of anilines is 3. The van der Waals surface area contributed by atoms with Gasteiger partial charge in [0, 0.05) is 24.3 Å². The number of amides is 1. The number of nitrogen functional groups attached to an aromatic ring is 1. The zero-order chi connectivity index (χ0) is 16.2. The summed E-state index contributed by atoms with van der Waals surface area (Å²) in [6.45, 7) is 5.06. The van der Waals surface area contributed by atoms with E-state index in [2.05, 4.69) is 10.2 Å². The molecular weight excluding hydrogens is 290 g/mol. The molecule has 2 aromatic rings. The first kappa shape index (κ1) is 15.4. The SMILES string of the molecule is Cc1cccc(C(=O)Nc2ccc(N3CCOCC3)c(N)c2)c1. The second-order valence-corrected chi connectivity index (χ2v) is 5.70. The van der Waals surface area contributed by atoms with Crippen molar-refractivity contribution in [3.05, 3.63) is 53.6 Å². The Balaban J connectivity index is 1.73. The number of nitrogens with one attached hydrogen (secondary N) is 1. The van der Waals surface area contributed by atoms with Crippen molar-refractivity contribution < 1.29 is 9.53 Å². The minimum Gasteiger partial charge on any atom is -0.397 e. The molecule has 0 spiro atoms. The fourth-order valence-corrected chi connectivity index (χ4v) is 2.71. The number of rotatable bonds is 3. The first-order valence-electron chi connectivity index (χ1n) is 7.74. The van der Waals surface area contributed by atoms with Crippen LogP contribution in [0.3, 0.4) is 0 Å². The molecule has 3 rings (SSSR count). The number of hydrogen-bond donors (Lipinski definition) is 2. The van der Waals surface area contributed by atoms with E-state index >= 15 is 0 Å². The Morgan fingerprint density at radius 2 is 1.96 bits per heavy atom. The van der Waals surface area contributed by atoms with Crippen LogP contribution in [-0.2, 0) is 4.74 Å². The number of nitrogens with two attached hydrogens (primary N) is 1. The molecule has 0 aromatic heterocycles. The third-order valence-electron chi connectivity index (χ3n) is 3.92. The van der Waals surface area contributed by atoms with Crippen LogP contribution in [0.1, 0.15) is 15.9 Å². The topological polar surface area (TPSA) is 67.6 Å². The maximum absolute atomic E-state index is 12.3. The van der Waals surface area contributed by atoms with Gasteiger partial charge in [-0.15, -0.1) is 0 Å². The smallest absolute Gasteiger partial charge is 0.255 e. The molecule has 0 bridgehead atoms. The van der Waals surface area contributed by atoms with Gasteiger partial charge in [-0.05, 0) is 37.3 Å². The maximum Gasteiger partial charge on any atom is 0.255 e. The summed E-state index contributed by atoms with van der Waals surface area (Å²) in [5.74, 6) is -0.132. The van der Waals surface area contributed by atoms with Crippen LogP contribution < -0.4 is 16.0 Å². The highest BCUT2D eigenvalue weighted by Gasteiger charge is 2.14. The lowest BCUT2D eigenvalue weighted by atomic mass is 10.1. The maximum atomic E-state index is 12.3. The molecule has 2 aromatic carbocycles. The molecule has 1 saturated heterocycles. The fourth-order valence-electron chi connectivity index (χ4n) is 2.71. The molecule has 0 aliphatic carbocycles. The molecule has 0 atom stereocenters. The average Bonchev–Trinajstić information content (AvgIpc) is 2.56. The van der Waals surface area contributed by atoms with E-state index in [-0.39, 0.29) is 5.91 Å². The van der Waals surface area contributed by atoms with E-state index in [0.29, 0.717) is 30.2 Å². The number of ether oxygens (including phenoxy) is 1. The third-order valence-corrected chi connectivity index (χ3v) is 3.92.